The van der Waals surface area contributed by atoms with E-state index in [1.54, 1.807) is 18.2 Å². The third-order valence-electron chi connectivity index (χ3n) is 2.81. The molecule has 0 saturated carbocycles. The fourth-order valence-corrected chi connectivity index (χ4v) is 1.79. The zero-order chi connectivity index (χ0) is 13.0. The maximum atomic E-state index is 9.25. The highest BCUT2D eigenvalue weighted by atomic mass is 16.3. The number of anilines is 1. The summed E-state index contributed by atoms with van der Waals surface area (Å²) in [6, 6.07) is 16.7. The smallest absolute Gasteiger partial charge is 0.115 e. The van der Waals surface area contributed by atoms with E-state index in [1.165, 1.54) is 0 Å². The van der Waals surface area contributed by atoms with Gasteiger partial charge in [-0.15, -0.1) is 0 Å². The van der Waals surface area contributed by atoms with Crippen LogP contribution in [0, 0.1) is 11.3 Å². The molecule has 0 saturated heterocycles. The molecule has 0 radical (unpaired) electrons. The summed E-state index contributed by atoms with van der Waals surface area (Å²) in [7, 11) is 0. The maximum absolute atomic E-state index is 9.25. The van der Waals surface area contributed by atoms with Gasteiger partial charge in [-0.25, -0.2) is 0 Å². The van der Waals surface area contributed by atoms with Crippen molar-refractivity contribution in [3.63, 3.8) is 0 Å². The molecule has 2 aromatic rings. The molecule has 2 N–H and O–H groups in total. The largest absolute Gasteiger partial charge is 0.508 e. The average molecular weight is 238 g/mol. The van der Waals surface area contributed by atoms with E-state index in [4.69, 9.17) is 5.26 Å². The van der Waals surface area contributed by atoms with Crippen molar-refractivity contribution in [3.05, 3.63) is 59.7 Å². The van der Waals surface area contributed by atoms with Gasteiger partial charge in [-0.1, -0.05) is 24.3 Å². The minimum atomic E-state index is 0.0695. The van der Waals surface area contributed by atoms with Crippen molar-refractivity contribution < 1.29 is 5.11 Å². The van der Waals surface area contributed by atoms with Gasteiger partial charge in [-0.3, -0.25) is 0 Å². The zero-order valence-electron chi connectivity index (χ0n) is 10.1. The van der Waals surface area contributed by atoms with Crippen molar-refractivity contribution in [1.29, 1.82) is 5.26 Å². The number of benzene rings is 2. The van der Waals surface area contributed by atoms with Crippen LogP contribution >= 0.6 is 0 Å². The van der Waals surface area contributed by atoms with Gasteiger partial charge in [0, 0.05) is 6.04 Å². The Balaban J connectivity index is 2.19. The van der Waals surface area contributed by atoms with E-state index in [-0.39, 0.29) is 11.8 Å². The minimum Gasteiger partial charge on any atom is -0.508 e. The van der Waals surface area contributed by atoms with Crippen molar-refractivity contribution in [3.8, 4) is 11.8 Å². The Kier molecular flexibility index (Phi) is 3.49. The Labute approximate surface area is 106 Å². The average Bonchev–Trinajstić information content (AvgIpc) is 2.40. The van der Waals surface area contributed by atoms with Gasteiger partial charge in [-0.05, 0) is 36.8 Å². The van der Waals surface area contributed by atoms with E-state index in [0.29, 0.717) is 5.56 Å². The first kappa shape index (κ1) is 12.0. The van der Waals surface area contributed by atoms with Crippen molar-refractivity contribution in [1.82, 2.24) is 0 Å². The number of aromatic hydroxyl groups is 1. The van der Waals surface area contributed by atoms with Gasteiger partial charge >= 0.3 is 0 Å². The first-order valence-electron chi connectivity index (χ1n) is 5.75. The quantitative estimate of drug-likeness (QED) is 0.861. The molecule has 3 nitrogen and oxygen atoms in total. The summed E-state index contributed by atoms with van der Waals surface area (Å²) in [5.41, 5.74) is 2.50. The standard InChI is InChI=1S/C15H14N2O/c1-11(12-6-8-14(18)9-7-12)17-15-5-3-2-4-13(15)10-16/h2-9,11,17-18H,1H3. The van der Waals surface area contributed by atoms with Crippen LogP contribution in [-0.4, -0.2) is 5.11 Å². The van der Waals surface area contributed by atoms with Crippen molar-refractivity contribution in [2.24, 2.45) is 0 Å². The van der Waals surface area contributed by atoms with Crippen LogP contribution in [0.25, 0.3) is 0 Å². The molecule has 0 aliphatic rings. The predicted molar refractivity (Wildman–Crippen MR) is 71.3 cm³/mol. The maximum Gasteiger partial charge on any atom is 0.115 e. The number of para-hydroxylation sites is 1. The minimum absolute atomic E-state index is 0.0695. The second kappa shape index (κ2) is 5.24. The molecule has 3 heteroatoms. The van der Waals surface area contributed by atoms with Crippen LogP contribution in [0.2, 0.25) is 0 Å². The van der Waals surface area contributed by atoms with Crippen molar-refractivity contribution in [2.45, 2.75) is 13.0 Å². The summed E-state index contributed by atoms with van der Waals surface area (Å²) in [4.78, 5) is 0. The van der Waals surface area contributed by atoms with Crippen LogP contribution in [0.1, 0.15) is 24.1 Å². The van der Waals surface area contributed by atoms with E-state index in [0.717, 1.165) is 11.3 Å². The number of nitrogens with one attached hydrogen (secondary N) is 1. The van der Waals surface area contributed by atoms with Gasteiger partial charge in [-0.2, -0.15) is 5.26 Å². The highest BCUT2D eigenvalue weighted by Gasteiger charge is 2.07. The highest BCUT2D eigenvalue weighted by Crippen LogP contribution is 2.23. The summed E-state index contributed by atoms with van der Waals surface area (Å²) < 4.78 is 0. The molecule has 0 aromatic heterocycles. The lowest BCUT2D eigenvalue weighted by Gasteiger charge is -2.16. The Morgan fingerprint density at radius 1 is 1.11 bits per heavy atom. The zero-order valence-corrected chi connectivity index (χ0v) is 10.1. The lowest BCUT2D eigenvalue weighted by atomic mass is 10.1. The summed E-state index contributed by atoms with van der Waals surface area (Å²) in [5.74, 6) is 0.253. The van der Waals surface area contributed by atoms with Gasteiger partial charge in [0.2, 0.25) is 0 Å². The van der Waals surface area contributed by atoms with Gasteiger partial charge in [0.15, 0.2) is 0 Å². The number of hydrogen-bond donors (Lipinski definition) is 2. The van der Waals surface area contributed by atoms with E-state index in [9.17, 15) is 5.11 Å². The third-order valence-corrected chi connectivity index (χ3v) is 2.81. The summed E-state index contributed by atoms with van der Waals surface area (Å²) in [6.07, 6.45) is 0. The lowest BCUT2D eigenvalue weighted by molar-refractivity contribution is 0.475. The predicted octanol–water partition coefficient (Wildman–Crippen LogP) is 3.44. The summed E-state index contributed by atoms with van der Waals surface area (Å²) in [6.45, 7) is 2.01. The van der Waals surface area contributed by atoms with E-state index in [1.807, 2.05) is 37.3 Å². The first-order chi connectivity index (χ1) is 8.70. The fourth-order valence-electron chi connectivity index (χ4n) is 1.79. The van der Waals surface area contributed by atoms with Crippen LogP contribution in [-0.2, 0) is 0 Å². The molecular formula is C15H14N2O. The molecule has 2 rings (SSSR count). The lowest BCUT2D eigenvalue weighted by Crippen LogP contribution is -2.07. The number of hydrogen-bond acceptors (Lipinski definition) is 3. The van der Waals surface area contributed by atoms with Crippen LogP contribution in [0.15, 0.2) is 48.5 Å². The van der Waals surface area contributed by atoms with Gasteiger partial charge in [0.05, 0.1) is 11.3 Å². The molecule has 0 amide bonds. The normalized spacial score (nSPS) is 11.6. The molecule has 0 aliphatic carbocycles. The van der Waals surface area contributed by atoms with Gasteiger partial charge < -0.3 is 10.4 Å². The first-order valence-corrected chi connectivity index (χ1v) is 5.75. The number of phenolic OH excluding ortho intramolecular Hbond substituents is 1. The molecule has 0 spiro atoms. The molecule has 0 aliphatic heterocycles. The molecule has 0 heterocycles. The van der Waals surface area contributed by atoms with E-state index < -0.39 is 0 Å². The molecule has 0 bridgehead atoms. The van der Waals surface area contributed by atoms with Crippen LogP contribution in [0.4, 0.5) is 5.69 Å². The molecule has 90 valence electrons. The summed E-state index contributed by atoms with van der Waals surface area (Å²) >= 11 is 0. The molecule has 0 fully saturated rings. The Hall–Kier alpha value is -2.47. The van der Waals surface area contributed by atoms with Crippen LogP contribution < -0.4 is 5.32 Å². The second-order valence-electron chi connectivity index (χ2n) is 4.11. The molecule has 2 aromatic carbocycles. The third kappa shape index (κ3) is 2.61. The topological polar surface area (TPSA) is 56.0 Å². The molecule has 1 atom stereocenters. The van der Waals surface area contributed by atoms with Crippen molar-refractivity contribution >= 4 is 5.69 Å². The Morgan fingerprint density at radius 3 is 2.44 bits per heavy atom. The highest BCUT2D eigenvalue weighted by molar-refractivity contribution is 5.58. The van der Waals surface area contributed by atoms with Crippen LogP contribution in [0.3, 0.4) is 0 Å². The van der Waals surface area contributed by atoms with Gasteiger partial charge in [0.1, 0.15) is 11.8 Å². The molecular weight excluding hydrogens is 224 g/mol. The fraction of sp³-hybridized carbons (Fsp3) is 0.133. The number of nitrogens with zero attached hydrogens (tertiary/aromatic N) is 1. The van der Waals surface area contributed by atoms with Gasteiger partial charge in [0.25, 0.3) is 0 Å². The van der Waals surface area contributed by atoms with Crippen LogP contribution in [0.5, 0.6) is 5.75 Å². The van der Waals surface area contributed by atoms with E-state index >= 15 is 0 Å². The summed E-state index contributed by atoms with van der Waals surface area (Å²) in [5, 5.41) is 21.6. The Morgan fingerprint density at radius 2 is 1.78 bits per heavy atom. The number of nitriles is 1. The molecule has 18 heavy (non-hydrogen) atoms. The monoisotopic (exact) mass is 238 g/mol. The second-order valence-corrected chi connectivity index (χ2v) is 4.11. The van der Waals surface area contributed by atoms with E-state index in [2.05, 4.69) is 11.4 Å². The number of phenols is 1. The number of rotatable bonds is 3. The molecule has 1 unspecified atom stereocenters. The van der Waals surface area contributed by atoms with Crippen molar-refractivity contribution in [2.75, 3.05) is 5.32 Å². The Bertz CT molecular complexity index is 570. The SMILES string of the molecule is CC(Nc1ccccc1C#N)c1ccc(O)cc1.